The van der Waals surface area contributed by atoms with Crippen molar-refractivity contribution in [3.63, 3.8) is 0 Å². The number of halogens is 1. The highest BCUT2D eigenvalue weighted by molar-refractivity contribution is 6.31. The quantitative estimate of drug-likeness (QED) is 0.429. The van der Waals surface area contributed by atoms with Crippen molar-refractivity contribution < 1.29 is 19.2 Å². The number of oxime groups is 1. The maximum Gasteiger partial charge on any atom is 0.365 e. The normalized spacial score (nSPS) is 26.3. The summed E-state index contributed by atoms with van der Waals surface area (Å²) in [7, 11) is 1.57. The highest BCUT2D eigenvalue weighted by atomic mass is 35.5. The average Bonchev–Trinajstić information content (AvgIpc) is 3.10. The highest BCUT2D eigenvalue weighted by Crippen LogP contribution is 2.71. The fourth-order valence-corrected chi connectivity index (χ4v) is 5.50. The highest BCUT2D eigenvalue weighted by Gasteiger charge is 2.71. The zero-order chi connectivity index (χ0) is 24.0. The molecule has 2 saturated carbocycles. The molecule has 2 aromatic carbocycles. The Morgan fingerprint density at radius 3 is 2.39 bits per heavy atom. The van der Waals surface area contributed by atoms with E-state index in [1.807, 2.05) is 19.1 Å². The van der Waals surface area contributed by atoms with Crippen LogP contribution in [0.4, 0.5) is 5.69 Å². The van der Waals surface area contributed by atoms with Gasteiger partial charge in [-0.1, -0.05) is 43.6 Å². The largest absolute Gasteiger partial charge is 0.497 e. The zero-order valence-corrected chi connectivity index (χ0v) is 20.4. The lowest BCUT2D eigenvalue weighted by molar-refractivity contribution is -0.130. The van der Waals surface area contributed by atoms with Crippen LogP contribution in [0.5, 0.6) is 5.75 Å². The van der Waals surface area contributed by atoms with Crippen molar-refractivity contribution in [3.8, 4) is 5.75 Å². The van der Waals surface area contributed by atoms with Gasteiger partial charge in [0.05, 0.1) is 23.8 Å². The van der Waals surface area contributed by atoms with Gasteiger partial charge < -0.3 is 14.9 Å². The predicted molar refractivity (Wildman–Crippen MR) is 129 cm³/mol. The van der Waals surface area contributed by atoms with Gasteiger partial charge in [-0.2, -0.15) is 0 Å². The van der Waals surface area contributed by atoms with E-state index in [2.05, 4.69) is 31.2 Å². The van der Waals surface area contributed by atoms with Gasteiger partial charge in [-0.05, 0) is 67.1 Å². The van der Waals surface area contributed by atoms with E-state index in [0.29, 0.717) is 28.4 Å². The number of aryl methyl sites for hydroxylation is 1. The molecule has 0 heterocycles. The van der Waals surface area contributed by atoms with Gasteiger partial charge in [-0.25, -0.2) is 4.79 Å². The Bertz CT molecular complexity index is 1140. The van der Waals surface area contributed by atoms with Crippen LogP contribution in [-0.2, 0) is 9.63 Å². The molecular formula is C26H29ClN2O4. The molecule has 2 unspecified atom stereocenters. The summed E-state index contributed by atoms with van der Waals surface area (Å²) in [6.45, 7) is 8.24. The van der Waals surface area contributed by atoms with Gasteiger partial charge in [0, 0.05) is 22.5 Å². The molecule has 0 aliphatic heterocycles. The topological polar surface area (TPSA) is 77.0 Å². The smallest absolute Gasteiger partial charge is 0.365 e. The number of ether oxygens (including phenoxy) is 1. The Hall–Kier alpha value is -2.86. The molecule has 33 heavy (non-hydrogen) atoms. The second-order valence-corrected chi connectivity index (χ2v) is 10.2. The molecule has 0 radical (unpaired) electrons. The van der Waals surface area contributed by atoms with E-state index in [1.165, 1.54) is 0 Å². The summed E-state index contributed by atoms with van der Waals surface area (Å²) in [4.78, 5) is 31.4. The summed E-state index contributed by atoms with van der Waals surface area (Å²) in [5.41, 5.74) is 1.39. The number of nitrogens with one attached hydrogen (secondary N) is 1. The van der Waals surface area contributed by atoms with Crippen LogP contribution in [0.3, 0.4) is 0 Å². The SMILES string of the molecule is COc1ccc(C(=O)ON=C2CC3(C(=O)Nc4ccc(C)c(Cl)c4)CCC2(C)C3(C)C)cc1. The van der Waals surface area contributed by atoms with Crippen molar-refractivity contribution >= 4 is 34.9 Å². The summed E-state index contributed by atoms with van der Waals surface area (Å²) in [6.07, 6.45) is 1.98. The molecule has 2 aliphatic carbocycles. The van der Waals surface area contributed by atoms with E-state index in [0.717, 1.165) is 24.1 Å². The summed E-state index contributed by atoms with van der Waals surface area (Å²) in [5, 5.41) is 7.97. The molecule has 2 atom stereocenters. The number of anilines is 1. The predicted octanol–water partition coefficient (Wildman–Crippen LogP) is 6.02. The first kappa shape index (κ1) is 23.3. The summed E-state index contributed by atoms with van der Waals surface area (Å²) >= 11 is 6.25. The van der Waals surface area contributed by atoms with Crippen molar-refractivity contribution in [3.05, 3.63) is 58.6 Å². The van der Waals surface area contributed by atoms with Crippen LogP contribution in [0.15, 0.2) is 47.6 Å². The van der Waals surface area contributed by atoms with Crippen molar-refractivity contribution in [1.29, 1.82) is 0 Å². The zero-order valence-electron chi connectivity index (χ0n) is 19.6. The molecule has 1 N–H and O–H groups in total. The lowest BCUT2D eigenvalue weighted by atomic mass is 9.64. The number of benzene rings is 2. The molecule has 2 aliphatic rings. The van der Waals surface area contributed by atoms with E-state index in [9.17, 15) is 9.59 Å². The number of fused-ring (bicyclic) bond motifs is 2. The number of carbonyl (C=O) groups excluding carboxylic acids is 2. The third kappa shape index (κ3) is 3.61. The lowest BCUT2D eigenvalue weighted by Gasteiger charge is -2.39. The van der Waals surface area contributed by atoms with Gasteiger partial charge in [0.1, 0.15) is 5.75 Å². The minimum atomic E-state index is -0.648. The number of hydrogen-bond acceptors (Lipinski definition) is 5. The number of amides is 1. The van der Waals surface area contributed by atoms with Crippen molar-refractivity contribution in [2.24, 2.45) is 21.4 Å². The molecule has 0 aromatic heterocycles. The van der Waals surface area contributed by atoms with E-state index >= 15 is 0 Å². The fourth-order valence-electron chi connectivity index (χ4n) is 5.32. The van der Waals surface area contributed by atoms with Crippen molar-refractivity contribution in [2.45, 2.75) is 47.0 Å². The van der Waals surface area contributed by atoms with E-state index in [1.54, 1.807) is 37.4 Å². The van der Waals surface area contributed by atoms with E-state index < -0.39 is 11.4 Å². The monoisotopic (exact) mass is 468 g/mol. The molecule has 2 fully saturated rings. The number of hydrogen-bond donors (Lipinski definition) is 1. The van der Waals surface area contributed by atoms with Crippen LogP contribution in [-0.4, -0.2) is 24.7 Å². The summed E-state index contributed by atoms with van der Waals surface area (Å²) < 4.78 is 5.12. The molecule has 174 valence electrons. The van der Waals surface area contributed by atoms with Gasteiger partial charge >= 0.3 is 5.97 Å². The van der Waals surface area contributed by atoms with E-state index in [-0.39, 0.29) is 16.7 Å². The Morgan fingerprint density at radius 1 is 1.06 bits per heavy atom. The van der Waals surface area contributed by atoms with Crippen LogP contribution in [0.2, 0.25) is 5.02 Å². The first-order chi connectivity index (χ1) is 15.5. The number of carbonyl (C=O) groups is 2. The molecule has 2 aromatic rings. The molecule has 0 spiro atoms. The first-order valence-corrected chi connectivity index (χ1v) is 11.4. The van der Waals surface area contributed by atoms with Crippen LogP contribution in [0, 0.1) is 23.2 Å². The Kier molecular flexibility index (Phi) is 5.77. The number of nitrogens with zero attached hydrogens (tertiary/aromatic N) is 1. The second kappa shape index (κ2) is 8.17. The minimum absolute atomic E-state index is 0.0529. The molecule has 1 amide bonds. The summed E-state index contributed by atoms with van der Waals surface area (Å²) in [5.74, 6) is 0.0630. The van der Waals surface area contributed by atoms with Crippen LogP contribution in [0.1, 0.15) is 56.0 Å². The van der Waals surface area contributed by atoms with Crippen LogP contribution in [0.25, 0.3) is 0 Å². The van der Waals surface area contributed by atoms with Crippen LogP contribution >= 0.6 is 11.6 Å². The standard InChI is InChI=1S/C26H29ClN2O4/c1-16-6-9-18(14-20(16)27)28-23(31)26-13-12-25(4,24(26,2)3)21(15-26)29-33-22(30)17-7-10-19(32-5)11-8-17/h6-11,14H,12-13,15H2,1-5H3,(H,28,31). The lowest BCUT2D eigenvalue weighted by Crippen LogP contribution is -2.43. The average molecular weight is 469 g/mol. The molecule has 2 bridgehead atoms. The Balaban J connectivity index is 1.56. The fraction of sp³-hybridized carbons (Fsp3) is 0.423. The van der Waals surface area contributed by atoms with Gasteiger partial charge in [-0.3, -0.25) is 4.79 Å². The molecular weight excluding hydrogens is 440 g/mol. The van der Waals surface area contributed by atoms with E-state index in [4.69, 9.17) is 21.2 Å². The van der Waals surface area contributed by atoms with Gasteiger partial charge in [0.25, 0.3) is 0 Å². The maximum absolute atomic E-state index is 13.6. The Labute approximate surface area is 199 Å². The third-order valence-electron chi connectivity index (χ3n) is 8.16. The van der Waals surface area contributed by atoms with Crippen LogP contribution < -0.4 is 10.1 Å². The van der Waals surface area contributed by atoms with Gasteiger partial charge in [-0.15, -0.1) is 0 Å². The van der Waals surface area contributed by atoms with Crippen molar-refractivity contribution in [1.82, 2.24) is 0 Å². The number of methoxy groups -OCH3 is 1. The molecule has 4 rings (SSSR count). The molecule has 0 saturated heterocycles. The van der Waals surface area contributed by atoms with Gasteiger partial charge in [0.15, 0.2) is 0 Å². The first-order valence-electron chi connectivity index (χ1n) is 11.0. The van der Waals surface area contributed by atoms with Crippen molar-refractivity contribution in [2.75, 3.05) is 12.4 Å². The summed E-state index contributed by atoms with van der Waals surface area (Å²) in [6, 6.07) is 12.2. The van der Waals surface area contributed by atoms with Gasteiger partial charge in [0.2, 0.25) is 5.91 Å². The molecule has 6 nitrogen and oxygen atoms in total. The second-order valence-electron chi connectivity index (χ2n) is 9.78. The third-order valence-corrected chi connectivity index (χ3v) is 8.57. The number of rotatable bonds is 5. The minimum Gasteiger partial charge on any atom is -0.497 e. The molecule has 7 heteroatoms. The Morgan fingerprint density at radius 2 is 1.76 bits per heavy atom. The maximum atomic E-state index is 13.6.